The lowest BCUT2D eigenvalue weighted by Gasteiger charge is -2.18. The van der Waals surface area contributed by atoms with Gasteiger partial charge in [0.2, 0.25) is 0 Å². The molecule has 14 heavy (non-hydrogen) atoms. The second-order valence-corrected chi connectivity index (χ2v) is 5.97. The smallest absolute Gasteiger partial charge is 0.170 e. The van der Waals surface area contributed by atoms with E-state index in [0.717, 1.165) is 5.57 Å². The Labute approximate surface area is 97.7 Å². The van der Waals surface area contributed by atoms with Crippen molar-refractivity contribution in [3.63, 3.8) is 0 Å². The lowest BCUT2D eigenvalue weighted by molar-refractivity contribution is -0.120. The molecule has 0 saturated heterocycles. The van der Waals surface area contributed by atoms with Gasteiger partial charge >= 0.3 is 0 Å². The molecule has 3 aliphatic carbocycles. The normalized spacial score (nSPS) is 44.1. The van der Waals surface area contributed by atoms with E-state index >= 15 is 0 Å². The van der Waals surface area contributed by atoms with E-state index in [2.05, 4.69) is 31.9 Å². The van der Waals surface area contributed by atoms with E-state index in [4.69, 9.17) is 0 Å². The first-order valence-electron chi connectivity index (χ1n) is 4.41. The Morgan fingerprint density at radius 2 is 2.14 bits per heavy atom. The van der Waals surface area contributed by atoms with Crippen molar-refractivity contribution in [2.45, 2.75) is 10.7 Å². The predicted molar refractivity (Wildman–Crippen MR) is 58.4 cm³/mol. The Morgan fingerprint density at radius 1 is 1.43 bits per heavy atom. The highest BCUT2D eigenvalue weighted by Crippen LogP contribution is 2.58. The van der Waals surface area contributed by atoms with Crippen LogP contribution in [0.25, 0.3) is 0 Å². The Balaban J connectivity index is 2.28. The van der Waals surface area contributed by atoms with Gasteiger partial charge in [-0.3, -0.25) is 9.59 Å². The van der Waals surface area contributed by atoms with E-state index in [1.165, 1.54) is 0 Å². The molecule has 0 spiro atoms. The first-order chi connectivity index (χ1) is 6.55. The Morgan fingerprint density at radius 3 is 2.79 bits per heavy atom. The molecule has 1 fully saturated rings. The van der Waals surface area contributed by atoms with Crippen molar-refractivity contribution >= 4 is 43.4 Å². The molecule has 72 valence electrons. The highest BCUT2D eigenvalue weighted by molar-refractivity contribution is 9.12. The van der Waals surface area contributed by atoms with E-state index in [-0.39, 0.29) is 23.4 Å². The molecule has 0 N–H and O–H groups in total. The van der Waals surface area contributed by atoms with Crippen LogP contribution in [0.1, 0.15) is 6.42 Å². The van der Waals surface area contributed by atoms with Crippen LogP contribution in [-0.2, 0) is 9.59 Å². The molecule has 4 heteroatoms. The number of carbonyl (C=O) groups is 2. The summed E-state index contributed by atoms with van der Waals surface area (Å²) in [6, 6.07) is 0. The van der Waals surface area contributed by atoms with Gasteiger partial charge in [-0.25, -0.2) is 0 Å². The lowest BCUT2D eigenvalue weighted by atomic mass is 9.90. The summed E-state index contributed by atoms with van der Waals surface area (Å²) in [4.78, 5) is 23.4. The maximum atomic E-state index is 11.9. The fourth-order valence-electron chi connectivity index (χ4n) is 2.63. The van der Waals surface area contributed by atoms with E-state index in [0.29, 0.717) is 10.9 Å². The predicted octanol–water partition coefficient (Wildman–Crippen LogP) is 2.13. The van der Waals surface area contributed by atoms with Crippen LogP contribution in [0.5, 0.6) is 0 Å². The topological polar surface area (TPSA) is 34.1 Å². The van der Waals surface area contributed by atoms with Gasteiger partial charge in [-0.05, 0) is 21.5 Å². The van der Waals surface area contributed by atoms with E-state index in [1.54, 1.807) is 0 Å². The standard InChI is InChI=1S/C10H6Br2O2/c11-8-6(13)3-5-4-1-2-10(12,7(5)8)9(4)14/h1-2,4-5H,3H2/t4-,5-,10+/m0/s1. The largest absolute Gasteiger partial charge is 0.297 e. The summed E-state index contributed by atoms with van der Waals surface area (Å²) in [6.45, 7) is 0. The number of carbonyl (C=O) groups excluding carboxylic acids is 2. The number of Topliss-reactive ketones (excluding diaryl/α,β-unsaturated/α-hetero) is 2. The van der Waals surface area contributed by atoms with Gasteiger partial charge in [0.05, 0.1) is 4.48 Å². The molecule has 2 bridgehead atoms. The third-order valence-corrected chi connectivity index (χ3v) is 5.23. The van der Waals surface area contributed by atoms with Crippen LogP contribution >= 0.6 is 31.9 Å². The molecule has 0 aromatic heterocycles. The summed E-state index contributed by atoms with van der Waals surface area (Å²) in [7, 11) is 0. The van der Waals surface area contributed by atoms with Crippen LogP contribution in [-0.4, -0.2) is 15.9 Å². The molecule has 0 amide bonds. The molecule has 3 rings (SSSR count). The summed E-state index contributed by atoms with van der Waals surface area (Å²) in [5.74, 6) is 0.328. The number of alkyl halides is 1. The first-order valence-corrected chi connectivity index (χ1v) is 6.00. The first kappa shape index (κ1) is 9.04. The molecule has 2 nitrogen and oxygen atoms in total. The van der Waals surface area contributed by atoms with Crippen LogP contribution < -0.4 is 0 Å². The van der Waals surface area contributed by atoms with Gasteiger partial charge in [0.1, 0.15) is 4.32 Å². The minimum absolute atomic E-state index is 0.0802. The molecule has 0 aliphatic heterocycles. The molecular weight excluding hydrogens is 312 g/mol. The number of rotatable bonds is 0. The lowest BCUT2D eigenvalue weighted by Crippen LogP contribution is -2.24. The Kier molecular flexibility index (Phi) is 1.60. The van der Waals surface area contributed by atoms with Crippen molar-refractivity contribution in [1.29, 1.82) is 0 Å². The minimum atomic E-state index is -0.673. The zero-order chi connectivity index (χ0) is 10.1. The molecule has 3 aliphatic rings. The van der Waals surface area contributed by atoms with Gasteiger partial charge in [-0.1, -0.05) is 28.1 Å². The van der Waals surface area contributed by atoms with Crippen molar-refractivity contribution in [2.24, 2.45) is 11.8 Å². The van der Waals surface area contributed by atoms with Crippen LogP contribution in [0.3, 0.4) is 0 Å². The van der Waals surface area contributed by atoms with Gasteiger partial charge < -0.3 is 0 Å². The molecule has 1 saturated carbocycles. The summed E-state index contributed by atoms with van der Waals surface area (Å²) in [6.07, 6.45) is 4.26. The summed E-state index contributed by atoms with van der Waals surface area (Å²) in [5, 5.41) is 0. The van der Waals surface area contributed by atoms with Crippen molar-refractivity contribution < 1.29 is 9.59 Å². The van der Waals surface area contributed by atoms with E-state index < -0.39 is 4.32 Å². The van der Waals surface area contributed by atoms with Crippen LogP contribution in [0.2, 0.25) is 0 Å². The monoisotopic (exact) mass is 316 g/mol. The van der Waals surface area contributed by atoms with Crippen LogP contribution in [0, 0.1) is 11.8 Å². The van der Waals surface area contributed by atoms with Gasteiger partial charge in [0.15, 0.2) is 11.6 Å². The van der Waals surface area contributed by atoms with Crippen molar-refractivity contribution in [3.05, 3.63) is 22.2 Å². The second kappa shape index (κ2) is 2.47. The average Bonchev–Trinajstić information content (AvgIpc) is 2.64. The summed E-state index contributed by atoms with van der Waals surface area (Å²) >= 11 is 6.74. The minimum Gasteiger partial charge on any atom is -0.297 e. The molecule has 0 radical (unpaired) electrons. The van der Waals surface area contributed by atoms with E-state index in [9.17, 15) is 9.59 Å². The fourth-order valence-corrected chi connectivity index (χ4v) is 4.57. The molecule has 0 unspecified atom stereocenters. The number of ketones is 2. The molecule has 0 aromatic rings. The van der Waals surface area contributed by atoms with Gasteiger partial charge in [-0.2, -0.15) is 0 Å². The maximum Gasteiger partial charge on any atom is 0.170 e. The number of allylic oxidation sites excluding steroid dienone is 4. The average molecular weight is 318 g/mol. The summed E-state index contributed by atoms with van der Waals surface area (Å²) in [5.41, 5.74) is 0.944. The van der Waals surface area contributed by atoms with Crippen molar-refractivity contribution in [3.8, 4) is 0 Å². The molecule has 0 heterocycles. The maximum absolute atomic E-state index is 11.9. The quantitative estimate of drug-likeness (QED) is 0.506. The molecule has 0 aromatic carbocycles. The van der Waals surface area contributed by atoms with Gasteiger partial charge in [0.25, 0.3) is 0 Å². The SMILES string of the molecule is O=C1C[C@@H]2C(=C1Br)[C@]1(Br)C=C[C@@H]2C1=O. The van der Waals surface area contributed by atoms with Gasteiger partial charge in [0, 0.05) is 18.3 Å². The molecular formula is C10H6Br2O2. The molecule has 3 atom stereocenters. The van der Waals surface area contributed by atoms with Crippen molar-refractivity contribution in [1.82, 2.24) is 0 Å². The third-order valence-electron chi connectivity index (χ3n) is 3.28. The number of hydrogen-bond acceptors (Lipinski definition) is 2. The number of fused-ring (bicyclic) bond motifs is 5. The Hall–Kier alpha value is -0.220. The zero-order valence-corrected chi connectivity index (χ0v) is 10.3. The second-order valence-electron chi connectivity index (χ2n) is 3.92. The van der Waals surface area contributed by atoms with Crippen LogP contribution in [0.4, 0.5) is 0 Å². The zero-order valence-electron chi connectivity index (χ0n) is 7.09. The highest BCUT2D eigenvalue weighted by atomic mass is 79.9. The highest BCUT2D eigenvalue weighted by Gasteiger charge is 2.60. The fraction of sp³-hybridized carbons (Fsp3) is 0.400. The number of halogens is 2. The Bertz CT molecular complexity index is 435. The van der Waals surface area contributed by atoms with Crippen LogP contribution in [0.15, 0.2) is 22.2 Å². The van der Waals surface area contributed by atoms with Crippen molar-refractivity contribution in [2.75, 3.05) is 0 Å². The summed E-state index contributed by atoms with van der Waals surface area (Å²) < 4.78 is -0.0626. The van der Waals surface area contributed by atoms with E-state index in [1.807, 2.05) is 12.2 Å². The van der Waals surface area contributed by atoms with Gasteiger partial charge in [-0.15, -0.1) is 0 Å². The third kappa shape index (κ3) is 0.784. The number of hydrogen-bond donors (Lipinski definition) is 0.